The average molecular weight is 399 g/mol. The van der Waals surface area contributed by atoms with Crippen LogP contribution in [0.1, 0.15) is 26.2 Å². The van der Waals surface area contributed by atoms with E-state index in [4.69, 9.17) is 4.74 Å². The molecule has 0 aliphatic heterocycles. The van der Waals surface area contributed by atoms with Crippen LogP contribution in [-0.4, -0.2) is 45.0 Å². The molecule has 0 bridgehead atoms. The molecule has 0 radical (unpaired) electrons. The van der Waals surface area contributed by atoms with Gasteiger partial charge in [0.15, 0.2) is 11.0 Å². The summed E-state index contributed by atoms with van der Waals surface area (Å²) in [4.78, 5) is 14.6. The van der Waals surface area contributed by atoms with E-state index in [1.54, 1.807) is 13.2 Å². The molecule has 6 nitrogen and oxygen atoms in total. The molecule has 148 valence electrons. The summed E-state index contributed by atoms with van der Waals surface area (Å²) >= 11 is 1.41. The molecule has 3 rings (SSSR count). The van der Waals surface area contributed by atoms with Crippen LogP contribution in [0.5, 0.6) is 5.75 Å². The molecular formula is C21H26N4O2S. The molecule has 1 aliphatic rings. The maximum Gasteiger partial charge on any atom is 0.237 e. The summed E-state index contributed by atoms with van der Waals surface area (Å²) in [5, 5.41) is 9.39. The lowest BCUT2D eigenvalue weighted by atomic mass is 10.2. The molecule has 1 heterocycles. The summed E-state index contributed by atoms with van der Waals surface area (Å²) in [6.07, 6.45) is 7.14. The normalized spacial score (nSPS) is 13.3. The number of allylic oxidation sites excluding steroid dienone is 3. The van der Waals surface area contributed by atoms with Crippen molar-refractivity contribution >= 4 is 17.7 Å². The van der Waals surface area contributed by atoms with E-state index in [0.29, 0.717) is 29.8 Å². The molecule has 28 heavy (non-hydrogen) atoms. The van der Waals surface area contributed by atoms with E-state index in [1.807, 2.05) is 40.7 Å². The first-order chi connectivity index (χ1) is 13.7. The average Bonchev–Trinajstić information content (AvgIpc) is 3.38. The molecule has 1 amide bonds. The summed E-state index contributed by atoms with van der Waals surface area (Å²) in [6.45, 7) is 7.11. The van der Waals surface area contributed by atoms with Gasteiger partial charge in [0.05, 0.1) is 18.4 Å². The number of aromatic nitrogens is 3. The van der Waals surface area contributed by atoms with E-state index in [0.717, 1.165) is 36.3 Å². The van der Waals surface area contributed by atoms with Gasteiger partial charge in [-0.2, -0.15) is 0 Å². The lowest BCUT2D eigenvalue weighted by molar-refractivity contribution is -0.126. The van der Waals surface area contributed by atoms with Crippen LogP contribution in [0.3, 0.4) is 0 Å². The Morgan fingerprint density at radius 1 is 1.39 bits per heavy atom. The third-order valence-corrected chi connectivity index (χ3v) is 5.63. The molecule has 1 aromatic heterocycles. The van der Waals surface area contributed by atoms with Crippen LogP contribution < -0.4 is 4.74 Å². The van der Waals surface area contributed by atoms with E-state index < -0.39 is 0 Å². The molecule has 0 saturated heterocycles. The van der Waals surface area contributed by atoms with Gasteiger partial charge in [0.25, 0.3) is 0 Å². The number of nitrogens with zero attached hydrogens (tertiary/aromatic N) is 4. The van der Waals surface area contributed by atoms with Crippen LogP contribution in [-0.2, 0) is 11.3 Å². The molecule has 0 saturated carbocycles. The third kappa shape index (κ3) is 4.30. The van der Waals surface area contributed by atoms with Crippen molar-refractivity contribution in [1.82, 2.24) is 19.7 Å². The minimum Gasteiger partial charge on any atom is -0.496 e. The molecule has 0 N–H and O–H groups in total. The minimum absolute atomic E-state index is 0.104. The Labute approximate surface area is 170 Å². The maximum absolute atomic E-state index is 12.7. The molecule has 0 spiro atoms. The van der Waals surface area contributed by atoms with Gasteiger partial charge in [-0.25, -0.2) is 0 Å². The lowest BCUT2D eigenvalue weighted by Gasteiger charge is -2.22. The van der Waals surface area contributed by atoms with Gasteiger partial charge in [0.1, 0.15) is 5.75 Å². The third-order valence-electron chi connectivity index (χ3n) is 4.68. The highest BCUT2D eigenvalue weighted by Crippen LogP contribution is 2.31. The van der Waals surface area contributed by atoms with E-state index in [-0.39, 0.29) is 5.91 Å². The van der Waals surface area contributed by atoms with Crippen molar-refractivity contribution in [3.63, 3.8) is 0 Å². The second kappa shape index (κ2) is 9.59. The number of carbonyl (C=O) groups is 1. The Kier molecular flexibility index (Phi) is 6.92. The number of hydrogen-bond donors (Lipinski definition) is 0. The summed E-state index contributed by atoms with van der Waals surface area (Å²) in [5.74, 6) is 1.87. The van der Waals surface area contributed by atoms with E-state index in [1.165, 1.54) is 11.8 Å². The number of methoxy groups -OCH3 is 1. The fourth-order valence-electron chi connectivity index (χ4n) is 3.36. The molecule has 0 fully saturated rings. The Balaban J connectivity index is 1.80. The summed E-state index contributed by atoms with van der Waals surface area (Å²) in [6, 6.07) is 7.71. The number of para-hydroxylation sites is 1. The number of thioether (sulfide) groups is 1. The van der Waals surface area contributed by atoms with Crippen LogP contribution in [0.4, 0.5) is 0 Å². The number of benzene rings is 1. The van der Waals surface area contributed by atoms with Crippen molar-refractivity contribution in [2.75, 3.05) is 19.4 Å². The van der Waals surface area contributed by atoms with Crippen LogP contribution in [0, 0.1) is 0 Å². The van der Waals surface area contributed by atoms with Crippen molar-refractivity contribution in [1.29, 1.82) is 0 Å². The van der Waals surface area contributed by atoms with Crippen LogP contribution in [0.25, 0.3) is 11.4 Å². The Morgan fingerprint density at radius 2 is 2.21 bits per heavy atom. The topological polar surface area (TPSA) is 60.2 Å². The lowest BCUT2D eigenvalue weighted by Crippen LogP contribution is -2.31. The first-order valence-corrected chi connectivity index (χ1v) is 10.5. The fraction of sp³-hybridized carbons (Fsp3) is 0.381. The molecule has 2 aromatic rings. The van der Waals surface area contributed by atoms with Gasteiger partial charge in [-0.05, 0) is 38.3 Å². The zero-order valence-corrected chi connectivity index (χ0v) is 17.2. The summed E-state index contributed by atoms with van der Waals surface area (Å²) < 4.78 is 7.43. The van der Waals surface area contributed by atoms with Gasteiger partial charge in [0.2, 0.25) is 5.91 Å². The Hall–Kier alpha value is -2.54. The van der Waals surface area contributed by atoms with Gasteiger partial charge in [-0.3, -0.25) is 9.36 Å². The maximum atomic E-state index is 12.7. The zero-order valence-electron chi connectivity index (χ0n) is 16.4. The largest absolute Gasteiger partial charge is 0.496 e. The monoisotopic (exact) mass is 398 g/mol. The highest BCUT2D eigenvalue weighted by molar-refractivity contribution is 7.99. The smallest absolute Gasteiger partial charge is 0.237 e. The molecular weight excluding hydrogens is 372 g/mol. The molecule has 7 heteroatoms. The van der Waals surface area contributed by atoms with Crippen LogP contribution in [0.2, 0.25) is 0 Å². The van der Waals surface area contributed by atoms with E-state index in [2.05, 4.69) is 22.9 Å². The number of carbonyl (C=O) groups excluding carboxylic acids is 1. The summed E-state index contributed by atoms with van der Waals surface area (Å²) in [7, 11) is 1.64. The highest BCUT2D eigenvalue weighted by atomic mass is 32.2. The van der Waals surface area contributed by atoms with Gasteiger partial charge in [0, 0.05) is 18.8 Å². The predicted molar refractivity (Wildman–Crippen MR) is 112 cm³/mol. The highest BCUT2D eigenvalue weighted by Gasteiger charge is 2.21. The molecule has 1 aromatic carbocycles. The van der Waals surface area contributed by atoms with Crippen molar-refractivity contribution in [3.05, 3.63) is 48.7 Å². The van der Waals surface area contributed by atoms with Gasteiger partial charge in [-0.1, -0.05) is 36.0 Å². The number of hydrogen-bond acceptors (Lipinski definition) is 5. The molecule has 0 unspecified atom stereocenters. The van der Waals surface area contributed by atoms with Gasteiger partial charge < -0.3 is 9.64 Å². The summed E-state index contributed by atoms with van der Waals surface area (Å²) in [5.41, 5.74) is 2.01. The molecule has 1 aliphatic carbocycles. The van der Waals surface area contributed by atoms with Gasteiger partial charge >= 0.3 is 0 Å². The SMILES string of the molecule is C=CCn1c(SCC(=O)N(CC)C2=CCCC2)nnc1-c1ccccc1OC. The van der Waals surface area contributed by atoms with Crippen molar-refractivity contribution < 1.29 is 9.53 Å². The van der Waals surface area contributed by atoms with E-state index >= 15 is 0 Å². The number of rotatable bonds is 9. The number of amides is 1. The minimum atomic E-state index is 0.104. The Morgan fingerprint density at radius 3 is 2.89 bits per heavy atom. The van der Waals surface area contributed by atoms with E-state index in [9.17, 15) is 4.79 Å². The quantitative estimate of drug-likeness (QED) is 0.469. The van der Waals surface area contributed by atoms with Crippen molar-refractivity contribution in [3.8, 4) is 17.1 Å². The predicted octanol–water partition coefficient (Wildman–Crippen LogP) is 4.15. The zero-order chi connectivity index (χ0) is 19.9. The van der Waals surface area contributed by atoms with Gasteiger partial charge in [-0.15, -0.1) is 16.8 Å². The second-order valence-corrected chi connectivity index (χ2v) is 7.36. The van der Waals surface area contributed by atoms with Crippen molar-refractivity contribution in [2.45, 2.75) is 37.9 Å². The molecule has 0 atom stereocenters. The standard InChI is InChI=1S/C21H26N4O2S/c1-4-14-25-20(17-12-8-9-13-18(17)27-3)22-23-21(25)28-15-19(26)24(5-2)16-10-6-7-11-16/h4,8-10,12-13H,1,5-7,11,14-15H2,2-3H3. The second-order valence-electron chi connectivity index (χ2n) is 6.42. The Bertz CT molecular complexity index is 875. The first kappa shape index (κ1) is 20.2. The number of ether oxygens (including phenoxy) is 1. The van der Waals surface area contributed by atoms with Crippen LogP contribution >= 0.6 is 11.8 Å². The fourth-order valence-corrected chi connectivity index (χ4v) is 4.18. The first-order valence-electron chi connectivity index (χ1n) is 9.49. The van der Waals surface area contributed by atoms with Crippen LogP contribution in [0.15, 0.2) is 53.8 Å². The van der Waals surface area contributed by atoms with Crippen molar-refractivity contribution in [2.24, 2.45) is 0 Å².